The Morgan fingerprint density at radius 2 is 1.90 bits per heavy atom. The largest absolute Gasteiger partial charge is 0.462 e. The predicted molar refractivity (Wildman–Crippen MR) is 80.3 cm³/mol. The van der Waals surface area contributed by atoms with E-state index in [1.807, 2.05) is 6.92 Å². The van der Waals surface area contributed by atoms with Crippen LogP contribution in [0, 0.1) is 19.8 Å². The van der Waals surface area contributed by atoms with Crippen LogP contribution in [0.3, 0.4) is 0 Å². The molecule has 0 radical (unpaired) electrons. The van der Waals surface area contributed by atoms with Crippen molar-refractivity contribution in [2.75, 3.05) is 6.61 Å². The first-order valence-electron chi connectivity index (χ1n) is 7.24. The number of carbonyl (C=O) groups excluding carboxylic acids is 1. The van der Waals surface area contributed by atoms with Gasteiger partial charge in [0, 0.05) is 17.8 Å². The number of nitrogens with zero attached hydrogens (tertiary/aromatic N) is 1. The summed E-state index contributed by atoms with van der Waals surface area (Å²) in [6, 6.07) is 1.63. The number of aromatic nitrogens is 1. The van der Waals surface area contributed by atoms with Gasteiger partial charge in [-0.15, -0.1) is 0 Å². The standard InChI is InChI=1S/C16H25NO3/c1-7-13(10(3)4)17-12(6)15(16(19)20-8-2)11(5)9-14(17)18/h9-10,13H,7-8H2,1-6H3. The molecule has 0 amide bonds. The van der Waals surface area contributed by atoms with E-state index in [1.54, 1.807) is 18.4 Å². The van der Waals surface area contributed by atoms with Gasteiger partial charge in [-0.2, -0.15) is 0 Å². The Morgan fingerprint density at radius 3 is 2.35 bits per heavy atom. The summed E-state index contributed by atoms with van der Waals surface area (Å²) in [4.78, 5) is 24.4. The van der Waals surface area contributed by atoms with E-state index in [1.165, 1.54) is 6.07 Å². The van der Waals surface area contributed by atoms with Crippen molar-refractivity contribution in [3.63, 3.8) is 0 Å². The number of hydrogen-bond donors (Lipinski definition) is 0. The first-order valence-corrected chi connectivity index (χ1v) is 7.24. The van der Waals surface area contributed by atoms with E-state index in [9.17, 15) is 9.59 Å². The molecule has 0 aliphatic rings. The molecule has 1 aromatic heterocycles. The van der Waals surface area contributed by atoms with Gasteiger partial charge in [-0.25, -0.2) is 4.79 Å². The van der Waals surface area contributed by atoms with Crippen molar-refractivity contribution in [2.24, 2.45) is 5.92 Å². The smallest absolute Gasteiger partial charge is 0.340 e. The number of esters is 1. The molecule has 0 aromatic carbocycles. The maximum Gasteiger partial charge on any atom is 0.340 e. The monoisotopic (exact) mass is 279 g/mol. The van der Waals surface area contributed by atoms with Crippen molar-refractivity contribution in [3.05, 3.63) is 33.2 Å². The van der Waals surface area contributed by atoms with E-state index < -0.39 is 0 Å². The molecule has 1 unspecified atom stereocenters. The fraction of sp³-hybridized carbons (Fsp3) is 0.625. The number of pyridine rings is 1. The fourth-order valence-electron chi connectivity index (χ4n) is 2.77. The Morgan fingerprint density at radius 1 is 1.30 bits per heavy atom. The van der Waals surface area contributed by atoms with Crippen LogP contribution in [-0.2, 0) is 4.74 Å². The van der Waals surface area contributed by atoms with Crippen molar-refractivity contribution in [1.82, 2.24) is 4.57 Å². The first kappa shape index (κ1) is 16.5. The van der Waals surface area contributed by atoms with Crippen molar-refractivity contribution in [1.29, 1.82) is 0 Å². The summed E-state index contributed by atoms with van der Waals surface area (Å²) in [6.45, 7) is 11.9. The molecule has 1 atom stereocenters. The van der Waals surface area contributed by atoms with Crippen molar-refractivity contribution in [3.8, 4) is 0 Å². The Bertz CT molecular complexity index is 543. The summed E-state index contributed by atoms with van der Waals surface area (Å²) in [5.41, 5.74) is 1.86. The Kier molecular flexibility index (Phi) is 5.54. The molecular weight excluding hydrogens is 254 g/mol. The Balaban J connectivity index is 3.51. The van der Waals surface area contributed by atoms with Crippen LogP contribution in [0.5, 0.6) is 0 Å². The minimum absolute atomic E-state index is 0.0476. The molecule has 4 heteroatoms. The topological polar surface area (TPSA) is 48.3 Å². The van der Waals surface area contributed by atoms with Crippen LogP contribution >= 0.6 is 0 Å². The van der Waals surface area contributed by atoms with E-state index in [4.69, 9.17) is 4.74 Å². The lowest BCUT2D eigenvalue weighted by atomic mass is 9.99. The molecule has 0 fully saturated rings. The second-order valence-electron chi connectivity index (χ2n) is 5.44. The fourth-order valence-corrected chi connectivity index (χ4v) is 2.77. The number of aryl methyl sites for hydroxylation is 1. The highest BCUT2D eigenvalue weighted by Crippen LogP contribution is 2.24. The van der Waals surface area contributed by atoms with Gasteiger partial charge in [0.1, 0.15) is 0 Å². The number of hydrogen-bond acceptors (Lipinski definition) is 3. The quantitative estimate of drug-likeness (QED) is 0.777. The zero-order valence-corrected chi connectivity index (χ0v) is 13.3. The predicted octanol–water partition coefficient (Wildman–Crippen LogP) is 3.25. The molecule has 4 nitrogen and oxygen atoms in total. The van der Waals surface area contributed by atoms with Gasteiger partial charge < -0.3 is 9.30 Å². The van der Waals surface area contributed by atoms with Gasteiger partial charge >= 0.3 is 5.97 Å². The lowest BCUT2D eigenvalue weighted by Gasteiger charge is -2.26. The van der Waals surface area contributed by atoms with Crippen molar-refractivity contribution >= 4 is 5.97 Å². The molecule has 0 bridgehead atoms. The highest BCUT2D eigenvalue weighted by molar-refractivity contribution is 5.92. The maximum absolute atomic E-state index is 12.3. The van der Waals surface area contributed by atoms with E-state index >= 15 is 0 Å². The van der Waals surface area contributed by atoms with Crippen LogP contribution in [0.25, 0.3) is 0 Å². The minimum atomic E-state index is -0.352. The summed E-state index contributed by atoms with van der Waals surface area (Å²) in [5, 5.41) is 0. The summed E-state index contributed by atoms with van der Waals surface area (Å²) in [6.07, 6.45) is 0.851. The SMILES string of the molecule is CCOC(=O)c1c(C)cc(=O)n(C(CC)C(C)C)c1C. The normalized spacial score (nSPS) is 12.6. The molecule has 0 saturated carbocycles. The van der Waals surface area contributed by atoms with E-state index in [2.05, 4.69) is 20.8 Å². The average Bonchev–Trinajstić information content (AvgIpc) is 2.33. The van der Waals surface area contributed by atoms with Crippen molar-refractivity contribution in [2.45, 2.75) is 54.0 Å². The first-order chi connectivity index (χ1) is 9.34. The second kappa shape index (κ2) is 6.73. The van der Waals surface area contributed by atoms with Crippen LogP contribution in [0.4, 0.5) is 0 Å². The third kappa shape index (κ3) is 3.11. The number of ether oxygens (including phenoxy) is 1. The molecule has 20 heavy (non-hydrogen) atoms. The van der Waals surface area contributed by atoms with Gasteiger partial charge in [0.25, 0.3) is 5.56 Å². The summed E-state index contributed by atoms with van der Waals surface area (Å²) < 4.78 is 6.84. The third-order valence-corrected chi connectivity index (χ3v) is 3.69. The Labute approximate surface area is 120 Å². The summed E-state index contributed by atoms with van der Waals surface area (Å²) >= 11 is 0. The zero-order valence-electron chi connectivity index (χ0n) is 13.3. The highest BCUT2D eigenvalue weighted by atomic mass is 16.5. The second-order valence-corrected chi connectivity index (χ2v) is 5.44. The summed E-state index contributed by atoms with van der Waals surface area (Å²) in [5.74, 6) is -0.0241. The minimum Gasteiger partial charge on any atom is -0.462 e. The van der Waals surface area contributed by atoms with Crippen LogP contribution in [0.15, 0.2) is 10.9 Å². The van der Waals surface area contributed by atoms with Crippen LogP contribution in [0.2, 0.25) is 0 Å². The lowest BCUT2D eigenvalue weighted by Crippen LogP contribution is -2.31. The molecule has 0 spiro atoms. The van der Waals surface area contributed by atoms with Gasteiger partial charge in [-0.1, -0.05) is 20.8 Å². The highest BCUT2D eigenvalue weighted by Gasteiger charge is 2.22. The molecule has 112 valence electrons. The van der Waals surface area contributed by atoms with E-state index in [-0.39, 0.29) is 17.6 Å². The average molecular weight is 279 g/mol. The van der Waals surface area contributed by atoms with E-state index in [0.29, 0.717) is 29.3 Å². The maximum atomic E-state index is 12.3. The number of rotatable bonds is 5. The van der Waals surface area contributed by atoms with Crippen molar-refractivity contribution < 1.29 is 9.53 Å². The zero-order chi connectivity index (χ0) is 15.4. The molecule has 0 saturated heterocycles. The molecule has 0 aliphatic heterocycles. The molecular formula is C16H25NO3. The van der Waals surface area contributed by atoms with Crippen LogP contribution < -0.4 is 5.56 Å². The van der Waals surface area contributed by atoms with Gasteiger partial charge in [0.15, 0.2) is 0 Å². The molecule has 1 rings (SSSR count). The van der Waals surface area contributed by atoms with Gasteiger partial charge in [0.05, 0.1) is 12.2 Å². The Hall–Kier alpha value is -1.58. The lowest BCUT2D eigenvalue weighted by molar-refractivity contribution is 0.0522. The molecule has 1 aromatic rings. The molecule has 1 heterocycles. The molecule has 0 N–H and O–H groups in total. The third-order valence-electron chi connectivity index (χ3n) is 3.69. The number of carbonyl (C=O) groups is 1. The van der Waals surface area contributed by atoms with Crippen LogP contribution in [-0.4, -0.2) is 17.1 Å². The molecule has 0 aliphatic carbocycles. The van der Waals surface area contributed by atoms with Gasteiger partial charge in [-0.3, -0.25) is 4.79 Å². The van der Waals surface area contributed by atoms with E-state index in [0.717, 1.165) is 6.42 Å². The van der Waals surface area contributed by atoms with Gasteiger partial charge in [-0.05, 0) is 38.7 Å². The van der Waals surface area contributed by atoms with Gasteiger partial charge in [0.2, 0.25) is 0 Å². The van der Waals surface area contributed by atoms with Crippen LogP contribution in [0.1, 0.15) is 61.8 Å². The summed E-state index contributed by atoms with van der Waals surface area (Å²) in [7, 11) is 0.